The van der Waals surface area contributed by atoms with Gasteiger partial charge in [-0.15, -0.1) is 0 Å². The number of hydrogen-bond donors (Lipinski definition) is 1. The van der Waals surface area contributed by atoms with Crippen LogP contribution in [0.3, 0.4) is 0 Å². The Labute approximate surface area is 132 Å². The van der Waals surface area contributed by atoms with Crippen LogP contribution in [-0.4, -0.2) is 62.5 Å². The van der Waals surface area contributed by atoms with Gasteiger partial charge >= 0.3 is 0 Å². The molecule has 22 heavy (non-hydrogen) atoms. The van der Waals surface area contributed by atoms with E-state index in [0.717, 1.165) is 5.56 Å². The molecule has 0 fully saturated rings. The second kappa shape index (κ2) is 8.26. The zero-order chi connectivity index (χ0) is 16.8. The van der Waals surface area contributed by atoms with Crippen molar-refractivity contribution >= 4 is 15.9 Å². The maximum Gasteiger partial charge on any atom is 0.241 e. The molecule has 1 aromatic rings. The maximum absolute atomic E-state index is 12.6. The zero-order valence-corrected chi connectivity index (χ0v) is 14.2. The smallest absolute Gasteiger partial charge is 0.241 e. The van der Waals surface area contributed by atoms with E-state index < -0.39 is 21.2 Å². The molecule has 1 unspecified atom stereocenters. The largest absolute Gasteiger partial charge is 0.348 e. The summed E-state index contributed by atoms with van der Waals surface area (Å²) in [6, 6.07) is 9.63. The third-order valence-corrected chi connectivity index (χ3v) is 5.65. The highest BCUT2D eigenvalue weighted by atomic mass is 32.2. The fourth-order valence-corrected chi connectivity index (χ4v) is 3.74. The third kappa shape index (κ3) is 4.79. The highest BCUT2D eigenvalue weighted by molar-refractivity contribution is 7.90. The Balaban J connectivity index is 2.86. The maximum atomic E-state index is 12.6. The molecule has 0 saturated heterocycles. The van der Waals surface area contributed by atoms with Gasteiger partial charge in [-0.1, -0.05) is 30.3 Å². The van der Waals surface area contributed by atoms with Crippen molar-refractivity contribution in [2.75, 3.05) is 33.7 Å². The monoisotopic (exact) mass is 327 g/mol. The molecule has 1 amide bonds. The van der Waals surface area contributed by atoms with Gasteiger partial charge in [0.15, 0.2) is 5.25 Å². The molecule has 0 spiro atoms. The normalized spacial score (nSPS) is 13.1. The minimum atomic E-state index is -3.72. The van der Waals surface area contributed by atoms with Gasteiger partial charge in [-0.25, -0.2) is 8.42 Å². The minimum Gasteiger partial charge on any atom is -0.348 e. The van der Waals surface area contributed by atoms with Crippen LogP contribution in [0.25, 0.3) is 0 Å². The van der Waals surface area contributed by atoms with Gasteiger partial charge in [0.25, 0.3) is 0 Å². The Morgan fingerprint density at radius 2 is 1.77 bits per heavy atom. The standard InChI is InChI=1S/C15H25N3O3S/c1-13(15(19)17(2)3)22(20,21)18(12-10-16)11-9-14-7-5-4-6-8-14/h4-8,13H,9-12,16H2,1-3H3. The van der Waals surface area contributed by atoms with Crippen molar-refractivity contribution in [2.24, 2.45) is 5.73 Å². The lowest BCUT2D eigenvalue weighted by molar-refractivity contribution is -0.128. The fourth-order valence-electron chi connectivity index (χ4n) is 2.12. The number of nitrogens with zero attached hydrogens (tertiary/aromatic N) is 2. The first-order valence-electron chi connectivity index (χ1n) is 7.24. The van der Waals surface area contributed by atoms with Crippen LogP contribution >= 0.6 is 0 Å². The van der Waals surface area contributed by atoms with Crippen molar-refractivity contribution in [2.45, 2.75) is 18.6 Å². The van der Waals surface area contributed by atoms with Crippen molar-refractivity contribution in [3.63, 3.8) is 0 Å². The summed E-state index contributed by atoms with van der Waals surface area (Å²) in [7, 11) is -0.621. The quantitative estimate of drug-likeness (QED) is 0.744. The summed E-state index contributed by atoms with van der Waals surface area (Å²) in [5.74, 6) is -0.429. The predicted octanol–water partition coefficient (Wildman–Crippen LogP) is 0.296. The van der Waals surface area contributed by atoms with Gasteiger partial charge in [0.2, 0.25) is 15.9 Å². The molecule has 0 radical (unpaired) electrons. The van der Waals surface area contributed by atoms with Crippen LogP contribution in [0.5, 0.6) is 0 Å². The number of rotatable bonds is 8. The number of sulfonamides is 1. The number of nitrogens with two attached hydrogens (primary N) is 1. The Bertz CT molecular complexity index is 573. The number of carbonyl (C=O) groups is 1. The summed E-state index contributed by atoms with van der Waals surface area (Å²) in [5.41, 5.74) is 6.58. The lowest BCUT2D eigenvalue weighted by Gasteiger charge is -2.26. The average Bonchev–Trinajstić information content (AvgIpc) is 2.50. The topological polar surface area (TPSA) is 83.7 Å². The molecule has 0 bridgehead atoms. The van der Waals surface area contributed by atoms with Crippen LogP contribution in [0.4, 0.5) is 0 Å². The molecule has 1 rings (SSSR count). The minimum absolute atomic E-state index is 0.209. The van der Waals surface area contributed by atoms with Crippen LogP contribution in [0.2, 0.25) is 0 Å². The zero-order valence-electron chi connectivity index (χ0n) is 13.4. The Morgan fingerprint density at radius 3 is 2.27 bits per heavy atom. The fraction of sp³-hybridized carbons (Fsp3) is 0.533. The molecule has 0 saturated carbocycles. The highest BCUT2D eigenvalue weighted by Crippen LogP contribution is 2.12. The van der Waals surface area contributed by atoms with Gasteiger partial charge in [-0.05, 0) is 18.9 Å². The molecule has 0 aromatic heterocycles. The van der Waals surface area contributed by atoms with Crippen LogP contribution in [0, 0.1) is 0 Å². The molecule has 2 N–H and O–H groups in total. The third-order valence-electron chi connectivity index (χ3n) is 3.47. The van der Waals surface area contributed by atoms with E-state index in [4.69, 9.17) is 5.73 Å². The summed E-state index contributed by atoms with van der Waals surface area (Å²) in [6.45, 7) is 2.16. The van der Waals surface area contributed by atoms with Gasteiger partial charge in [0.05, 0.1) is 0 Å². The molecular weight excluding hydrogens is 302 g/mol. The lowest BCUT2D eigenvalue weighted by Crippen LogP contribution is -2.47. The molecule has 1 aromatic carbocycles. The van der Waals surface area contributed by atoms with Crippen molar-refractivity contribution < 1.29 is 13.2 Å². The molecule has 1 atom stereocenters. The average molecular weight is 327 g/mol. The van der Waals surface area contributed by atoms with Crippen LogP contribution < -0.4 is 5.73 Å². The van der Waals surface area contributed by atoms with Crippen molar-refractivity contribution in [1.82, 2.24) is 9.21 Å². The van der Waals surface area contributed by atoms with Crippen molar-refractivity contribution in [1.29, 1.82) is 0 Å². The molecule has 0 heterocycles. The second-order valence-electron chi connectivity index (χ2n) is 5.34. The number of hydrogen-bond acceptors (Lipinski definition) is 4. The van der Waals surface area contributed by atoms with Gasteiger partial charge in [0, 0.05) is 33.7 Å². The number of amides is 1. The van der Waals surface area contributed by atoms with Crippen LogP contribution in [0.15, 0.2) is 30.3 Å². The molecule has 0 aliphatic rings. The molecule has 0 aliphatic heterocycles. The molecule has 6 nitrogen and oxygen atoms in total. The number of carbonyl (C=O) groups excluding carboxylic acids is 1. The first-order chi connectivity index (χ1) is 10.3. The van der Waals surface area contributed by atoms with Crippen molar-refractivity contribution in [3.8, 4) is 0 Å². The predicted molar refractivity (Wildman–Crippen MR) is 87.8 cm³/mol. The van der Waals surface area contributed by atoms with E-state index >= 15 is 0 Å². The Kier molecular flexibility index (Phi) is 6.99. The summed E-state index contributed by atoms with van der Waals surface area (Å²) >= 11 is 0. The number of benzene rings is 1. The first kappa shape index (κ1) is 18.6. The van der Waals surface area contributed by atoms with Gasteiger partial charge < -0.3 is 10.6 Å². The van der Waals surface area contributed by atoms with E-state index in [2.05, 4.69) is 0 Å². The van der Waals surface area contributed by atoms with E-state index in [1.165, 1.54) is 16.1 Å². The molecule has 0 aliphatic carbocycles. The Hall–Kier alpha value is -1.44. The van der Waals surface area contributed by atoms with Crippen LogP contribution in [0.1, 0.15) is 12.5 Å². The molecule has 124 valence electrons. The van der Waals surface area contributed by atoms with E-state index in [0.29, 0.717) is 13.0 Å². The van der Waals surface area contributed by atoms with Gasteiger partial charge in [-0.3, -0.25) is 4.79 Å². The van der Waals surface area contributed by atoms with E-state index in [-0.39, 0.29) is 13.1 Å². The summed E-state index contributed by atoms with van der Waals surface area (Å²) in [5, 5.41) is -1.11. The van der Waals surface area contributed by atoms with Gasteiger partial charge in [0.1, 0.15) is 0 Å². The van der Waals surface area contributed by atoms with E-state index in [1.54, 1.807) is 14.1 Å². The Morgan fingerprint density at radius 1 is 1.18 bits per heavy atom. The molecular formula is C15H25N3O3S. The summed E-state index contributed by atoms with van der Waals surface area (Å²) in [6.07, 6.45) is 0.586. The highest BCUT2D eigenvalue weighted by Gasteiger charge is 2.34. The molecule has 7 heteroatoms. The van der Waals surface area contributed by atoms with E-state index in [1.807, 2.05) is 30.3 Å². The van der Waals surface area contributed by atoms with Crippen LogP contribution in [-0.2, 0) is 21.2 Å². The second-order valence-corrected chi connectivity index (χ2v) is 7.60. The SMILES string of the molecule is CC(C(=O)N(C)C)S(=O)(=O)N(CCN)CCc1ccccc1. The summed E-state index contributed by atoms with van der Waals surface area (Å²) in [4.78, 5) is 13.3. The van der Waals surface area contributed by atoms with Gasteiger partial charge in [-0.2, -0.15) is 4.31 Å². The van der Waals surface area contributed by atoms with Crippen molar-refractivity contribution in [3.05, 3.63) is 35.9 Å². The van der Waals surface area contributed by atoms with E-state index in [9.17, 15) is 13.2 Å². The summed E-state index contributed by atoms with van der Waals surface area (Å²) < 4.78 is 26.5. The lowest BCUT2D eigenvalue weighted by atomic mass is 10.1. The first-order valence-corrected chi connectivity index (χ1v) is 8.75.